The van der Waals surface area contributed by atoms with Crippen molar-refractivity contribution in [1.29, 1.82) is 0 Å². The second-order valence-corrected chi connectivity index (χ2v) is 12.4. The van der Waals surface area contributed by atoms with Gasteiger partial charge in [0.1, 0.15) is 11.2 Å². The number of ether oxygens (including phenoxy) is 1. The molecule has 1 saturated heterocycles. The first-order valence-electron chi connectivity index (χ1n) is 15.2. The van der Waals surface area contributed by atoms with Crippen LogP contribution in [0, 0.1) is 17.8 Å². The third-order valence-corrected chi connectivity index (χ3v) is 9.71. The van der Waals surface area contributed by atoms with Crippen molar-refractivity contribution in [1.82, 2.24) is 19.8 Å². The van der Waals surface area contributed by atoms with E-state index in [4.69, 9.17) is 14.7 Å². The zero-order chi connectivity index (χ0) is 27.8. The van der Waals surface area contributed by atoms with E-state index in [0.29, 0.717) is 30.5 Å². The molecule has 0 bridgehead atoms. The number of benzene rings is 1. The lowest BCUT2D eigenvalue weighted by atomic mass is 9.80. The Balaban J connectivity index is 1.50. The Labute approximate surface area is 236 Å². The highest BCUT2D eigenvalue weighted by molar-refractivity contribution is 5.75. The van der Waals surface area contributed by atoms with Gasteiger partial charge in [0.25, 0.3) is 0 Å². The molecule has 2 aromatic rings. The summed E-state index contributed by atoms with van der Waals surface area (Å²) in [4.78, 5) is 26.4. The summed E-state index contributed by atoms with van der Waals surface area (Å²) in [6.07, 6.45) is 7.57. The molecule has 6 rings (SSSR count). The smallest absolute Gasteiger partial charge is 0.349 e. The van der Waals surface area contributed by atoms with Gasteiger partial charge in [-0.2, -0.15) is 4.98 Å². The average molecular weight is 549 g/mol. The van der Waals surface area contributed by atoms with Gasteiger partial charge in [0.15, 0.2) is 5.49 Å². The van der Waals surface area contributed by atoms with Crippen molar-refractivity contribution in [3.8, 4) is 0 Å². The quantitative estimate of drug-likeness (QED) is 0.524. The number of aromatic nitrogens is 2. The molecule has 2 aliphatic carbocycles. The number of hydrogen-bond donors (Lipinski definition) is 2. The first-order chi connectivity index (χ1) is 19.4. The van der Waals surface area contributed by atoms with Crippen molar-refractivity contribution in [3.05, 3.63) is 46.7 Å². The number of imidazole rings is 1. The first-order valence-corrected chi connectivity index (χ1v) is 15.2. The summed E-state index contributed by atoms with van der Waals surface area (Å²) in [5.41, 5.74) is 1.73. The molecule has 1 unspecified atom stereocenters. The molecule has 9 heteroatoms. The minimum Gasteiger partial charge on any atom is -0.478 e. The molecule has 2 N–H and O–H groups in total. The van der Waals surface area contributed by atoms with E-state index >= 15 is 0 Å². The molecular formula is C31H44N6O3. The van der Waals surface area contributed by atoms with Gasteiger partial charge in [0, 0.05) is 26.2 Å². The SMILES string of the molecule is C[C@@H](NC1=c2c(nc(N3CCOC[C@H]3c3ccccc3)n2C[C@H]2CC[C@H](C)CC2)=NC(C(=O)O)N1C)C1CCC1. The van der Waals surface area contributed by atoms with E-state index in [-0.39, 0.29) is 12.1 Å². The molecule has 216 valence electrons. The van der Waals surface area contributed by atoms with Crippen molar-refractivity contribution in [2.24, 2.45) is 22.7 Å². The minimum atomic E-state index is -1.01. The van der Waals surface area contributed by atoms with E-state index in [9.17, 15) is 9.90 Å². The molecule has 2 aliphatic heterocycles. The third kappa shape index (κ3) is 5.20. The molecule has 3 fully saturated rings. The summed E-state index contributed by atoms with van der Waals surface area (Å²) in [5.74, 6) is 2.68. The molecular weight excluding hydrogens is 504 g/mol. The number of nitrogens with one attached hydrogen (secondary N) is 1. The van der Waals surface area contributed by atoms with E-state index in [1.165, 1.54) is 50.5 Å². The first kappa shape index (κ1) is 27.1. The van der Waals surface area contributed by atoms with Gasteiger partial charge < -0.3 is 29.5 Å². The fourth-order valence-electron chi connectivity index (χ4n) is 6.87. The van der Waals surface area contributed by atoms with Crippen LogP contribution in [0.25, 0.3) is 5.82 Å². The Kier molecular flexibility index (Phi) is 7.75. The molecule has 0 spiro atoms. The van der Waals surface area contributed by atoms with E-state index in [1.807, 2.05) is 13.1 Å². The number of likely N-dealkylation sites (N-methyl/N-ethyl adjacent to an activating group) is 1. The zero-order valence-corrected chi connectivity index (χ0v) is 24.1. The zero-order valence-electron chi connectivity index (χ0n) is 24.1. The highest BCUT2D eigenvalue weighted by atomic mass is 16.5. The van der Waals surface area contributed by atoms with Crippen LogP contribution in [0.3, 0.4) is 0 Å². The molecule has 0 amide bonds. The maximum Gasteiger partial charge on any atom is 0.349 e. The van der Waals surface area contributed by atoms with Crippen molar-refractivity contribution in [2.75, 3.05) is 31.7 Å². The number of fused-ring (bicyclic) bond motifs is 1. The molecule has 1 aromatic heterocycles. The number of carboxylic acid groups (broad SMARTS) is 1. The van der Waals surface area contributed by atoms with Gasteiger partial charge in [-0.1, -0.05) is 56.5 Å². The van der Waals surface area contributed by atoms with Crippen molar-refractivity contribution in [3.63, 3.8) is 0 Å². The predicted molar refractivity (Wildman–Crippen MR) is 154 cm³/mol. The Hall–Kier alpha value is -3.07. The van der Waals surface area contributed by atoms with E-state index in [0.717, 1.165) is 36.1 Å². The Morgan fingerprint density at radius 1 is 1.15 bits per heavy atom. The second kappa shape index (κ2) is 11.4. The van der Waals surface area contributed by atoms with Gasteiger partial charge >= 0.3 is 5.97 Å². The summed E-state index contributed by atoms with van der Waals surface area (Å²) in [6.45, 7) is 7.37. The molecule has 2 saturated carbocycles. The lowest BCUT2D eigenvalue weighted by Gasteiger charge is -2.38. The summed E-state index contributed by atoms with van der Waals surface area (Å²) < 4.78 is 8.34. The van der Waals surface area contributed by atoms with E-state index < -0.39 is 12.1 Å². The van der Waals surface area contributed by atoms with Crippen molar-refractivity contribution in [2.45, 2.75) is 83.6 Å². The van der Waals surface area contributed by atoms with Crippen molar-refractivity contribution >= 4 is 17.7 Å². The van der Waals surface area contributed by atoms with Crippen LogP contribution < -0.4 is 21.1 Å². The number of carbonyl (C=O) groups is 1. The highest BCUT2D eigenvalue weighted by Crippen LogP contribution is 2.33. The van der Waals surface area contributed by atoms with Gasteiger partial charge in [0.05, 0.1) is 19.3 Å². The van der Waals surface area contributed by atoms with Gasteiger partial charge in [0.2, 0.25) is 12.1 Å². The van der Waals surface area contributed by atoms with Gasteiger partial charge in [-0.05, 0) is 55.9 Å². The summed E-state index contributed by atoms with van der Waals surface area (Å²) in [6, 6.07) is 10.8. The van der Waals surface area contributed by atoms with E-state index in [2.05, 4.69) is 52.9 Å². The maximum absolute atomic E-state index is 12.3. The number of nitrogens with zero attached hydrogens (tertiary/aromatic N) is 5. The fraction of sp³-hybridized carbons (Fsp3) is 0.645. The van der Waals surface area contributed by atoms with Gasteiger partial charge in [-0.25, -0.2) is 9.79 Å². The predicted octanol–water partition coefficient (Wildman–Crippen LogP) is 3.11. The lowest BCUT2D eigenvalue weighted by Crippen LogP contribution is -2.55. The molecule has 0 radical (unpaired) electrons. The largest absolute Gasteiger partial charge is 0.478 e. The maximum atomic E-state index is 12.3. The summed E-state index contributed by atoms with van der Waals surface area (Å²) >= 11 is 0. The fourth-order valence-corrected chi connectivity index (χ4v) is 6.87. The van der Waals surface area contributed by atoms with Crippen LogP contribution >= 0.6 is 0 Å². The van der Waals surface area contributed by atoms with Crippen LogP contribution in [0.5, 0.6) is 0 Å². The van der Waals surface area contributed by atoms with Gasteiger partial charge in [-0.3, -0.25) is 0 Å². The monoisotopic (exact) mass is 548 g/mol. The van der Waals surface area contributed by atoms with E-state index in [1.54, 1.807) is 4.90 Å². The number of morpholine rings is 1. The topological polar surface area (TPSA) is 95.2 Å². The summed E-state index contributed by atoms with van der Waals surface area (Å²) in [7, 11) is 1.85. The normalized spacial score (nSPS) is 27.9. The molecule has 9 nitrogen and oxygen atoms in total. The van der Waals surface area contributed by atoms with Crippen LogP contribution in [0.4, 0.5) is 5.95 Å². The van der Waals surface area contributed by atoms with Crippen LogP contribution in [0.15, 0.2) is 35.3 Å². The van der Waals surface area contributed by atoms with Crippen LogP contribution in [-0.4, -0.2) is 64.5 Å². The standard InChI is InChI=1S/C31H44N6O3/c1-20-12-14-22(15-13-20)18-37-26-27(33-29(30(38)39)35(3)28(26)32-21(2)23-10-7-11-23)34-31(37)36-16-17-40-19-25(36)24-8-5-4-6-9-24/h4-6,8-9,20-23,25,29,32H,7,10-19H2,1-3H3,(H,38,39)/t20-,21-,22-,25+,29?/m1/s1. The van der Waals surface area contributed by atoms with Crippen molar-refractivity contribution < 1.29 is 14.6 Å². The Morgan fingerprint density at radius 3 is 2.58 bits per heavy atom. The third-order valence-electron chi connectivity index (χ3n) is 9.71. The molecule has 40 heavy (non-hydrogen) atoms. The van der Waals surface area contributed by atoms with Crippen LogP contribution in [0.1, 0.15) is 70.4 Å². The number of anilines is 1. The van der Waals surface area contributed by atoms with Gasteiger partial charge in [-0.15, -0.1) is 0 Å². The molecule has 3 atom stereocenters. The Bertz CT molecular complexity index is 1310. The minimum absolute atomic E-state index is 0.0299. The Morgan fingerprint density at radius 2 is 1.90 bits per heavy atom. The molecule has 1 aromatic carbocycles. The number of rotatable bonds is 8. The second-order valence-electron chi connectivity index (χ2n) is 12.4. The van der Waals surface area contributed by atoms with Crippen LogP contribution in [0.2, 0.25) is 0 Å². The number of hydrogen-bond acceptors (Lipinski definition) is 7. The lowest BCUT2D eigenvalue weighted by molar-refractivity contribution is -0.141. The molecule has 3 heterocycles. The summed E-state index contributed by atoms with van der Waals surface area (Å²) in [5, 5.41) is 14.8. The van der Waals surface area contributed by atoms with Crippen LogP contribution in [-0.2, 0) is 16.1 Å². The molecule has 4 aliphatic rings. The highest BCUT2D eigenvalue weighted by Gasteiger charge is 2.36. The number of carboxylic acids is 1. The number of aliphatic carboxylic acids is 1. The average Bonchev–Trinajstić information content (AvgIpc) is 3.28.